The molecule has 2 atom stereocenters. The summed E-state index contributed by atoms with van der Waals surface area (Å²) < 4.78 is 120. The second-order valence-electron chi connectivity index (χ2n) is 7.94. The summed E-state index contributed by atoms with van der Waals surface area (Å²) in [4.78, 5) is 23.7. The normalized spacial score (nSPS) is 14.3. The van der Waals surface area contributed by atoms with Gasteiger partial charge >= 0.3 is 18.5 Å². The number of allylic oxidation sites excluding steroid dienone is 1. The molecular weight excluding hydrogens is 667 g/mol. The minimum atomic E-state index is -5.11. The number of alkyl halides is 9. The topological polar surface area (TPSA) is 58.2 Å². The van der Waals surface area contributed by atoms with Gasteiger partial charge in [0.2, 0.25) is 5.91 Å². The van der Waals surface area contributed by atoms with Gasteiger partial charge in [-0.2, -0.15) is 39.5 Å². The SMILES string of the molecule is C[C@H](NC(=O)CC(F)(F)F)NC(=O)c1ccc(C=CC(c2cc(Br)cc(Br)c2)C(F)(F)F)cc1C(F)(F)F. The fourth-order valence-electron chi connectivity index (χ4n) is 3.25. The number of hydrogen-bond acceptors (Lipinski definition) is 2. The third kappa shape index (κ3) is 9.64. The summed E-state index contributed by atoms with van der Waals surface area (Å²) in [6.07, 6.45) is -16.6. The first-order valence-corrected chi connectivity index (χ1v) is 11.9. The number of benzene rings is 2. The van der Waals surface area contributed by atoms with E-state index in [-0.39, 0.29) is 11.1 Å². The quantitative estimate of drug-likeness (QED) is 0.232. The molecule has 1 unspecified atom stereocenters. The number of nitrogens with one attached hydrogen (secondary N) is 2. The number of carbonyl (C=O) groups is 2. The predicted octanol–water partition coefficient (Wildman–Crippen LogP) is 7.73. The Balaban J connectivity index is 2.34. The first-order chi connectivity index (χ1) is 17.3. The van der Waals surface area contributed by atoms with Gasteiger partial charge in [-0.1, -0.05) is 50.1 Å². The smallest absolute Gasteiger partial charge is 0.336 e. The van der Waals surface area contributed by atoms with E-state index in [0.717, 1.165) is 19.1 Å². The molecule has 2 amide bonds. The molecule has 2 rings (SSSR count). The van der Waals surface area contributed by atoms with Crippen molar-refractivity contribution in [3.05, 3.63) is 73.7 Å². The minimum absolute atomic E-state index is 0.191. The van der Waals surface area contributed by atoms with Crippen molar-refractivity contribution in [3.63, 3.8) is 0 Å². The van der Waals surface area contributed by atoms with Gasteiger partial charge in [-0.15, -0.1) is 0 Å². The van der Waals surface area contributed by atoms with E-state index in [1.807, 2.05) is 5.32 Å². The highest BCUT2D eigenvalue weighted by molar-refractivity contribution is 9.11. The molecule has 38 heavy (non-hydrogen) atoms. The van der Waals surface area contributed by atoms with E-state index in [1.54, 1.807) is 5.32 Å². The van der Waals surface area contributed by atoms with Gasteiger partial charge < -0.3 is 10.6 Å². The molecule has 0 aliphatic rings. The van der Waals surface area contributed by atoms with Crippen LogP contribution < -0.4 is 10.6 Å². The van der Waals surface area contributed by atoms with Crippen LogP contribution in [0.4, 0.5) is 39.5 Å². The fourth-order valence-corrected chi connectivity index (χ4v) is 4.58. The van der Waals surface area contributed by atoms with E-state index in [9.17, 15) is 49.1 Å². The second kappa shape index (κ2) is 12.1. The summed E-state index contributed by atoms with van der Waals surface area (Å²) in [5, 5.41) is 3.71. The third-order valence-corrected chi connectivity index (χ3v) is 5.67. The summed E-state index contributed by atoms with van der Waals surface area (Å²) in [7, 11) is 0. The minimum Gasteiger partial charge on any atom is -0.336 e. The molecule has 0 spiro atoms. The lowest BCUT2D eigenvalue weighted by Crippen LogP contribution is -2.47. The van der Waals surface area contributed by atoms with Crippen molar-refractivity contribution in [2.45, 2.75) is 44.0 Å². The molecule has 0 saturated heterocycles. The molecule has 15 heteroatoms. The van der Waals surface area contributed by atoms with Gasteiger partial charge in [0.1, 0.15) is 6.42 Å². The Kier molecular flexibility index (Phi) is 10.1. The molecule has 0 aliphatic heterocycles. The number of amides is 2. The maximum Gasteiger partial charge on any atom is 0.417 e. The molecule has 4 nitrogen and oxygen atoms in total. The van der Waals surface area contributed by atoms with Crippen LogP contribution in [0.15, 0.2) is 51.4 Å². The Morgan fingerprint density at radius 2 is 1.47 bits per heavy atom. The van der Waals surface area contributed by atoms with E-state index in [4.69, 9.17) is 0 Å². The number of hydrogen-bond donors (Lipinski definition) is 2. The van der Waals surface area contributed by atoms with Crippen LogP contribution in [-0.2, 0) is 11.0 Å². The monoisotopic (exact) mass is 682 g/mol. The summed E-state index contributed by atoms with van der Waals surface area (Å²) >= 11 is 6.16. The number of carbonyl (C=O) groups excluding carboxylic acids is 2. The molecule has 0 fully saturated rings. The van der Waals surface area contributed by atoms with Crippen LogP contribution in [0.5, 0.6) is 0 Å². The zero-order chi connectivity index (χ0) is 29.1. The average Bonchev–Trinajstić information content (AvgIpc) is 2.69. The van der Waals surface area contributed by atoms with Crippen LogP contribution in [0.25, 0.3) is 6.08 Å². The van der Waals surface area contributed by atoms with E-state index < -0.39 is 60.0 Å². The summed E-state index contributed by atoms with van der Waals surface area (Å²) in [5.74, 6) is -5.06. The maximum atomic E-state index is 13.7. The van der Waals surface area contributed by atoms with Gasteiger partial charge in [-0.3, -0.25) is 9.59 Å². The lowest BCUT2D eigenvalue weighted by Gasteiger charge is -2.19. The Bertz CT molecular complexity index is 1190. The fraction of sp³-hybridized carbons (Fsp3) is 0.304. The van der Waals surface area contributed by atoms with Gasteiger partial charge in [0.25, 0.3) is 5.91 Å². The summed E-state index contributed by atoms with van der Waals surface area (Å²) in [5.41, 5.74) is -2.94. The molecule has 0 aromatic heterocycles. The predicted molar refractivity (Wildman–Crippen MR) is 127 cm³/mol. The molecule has 2 N–H and O–H groups in total. The van der Waals surface area contributed by atoms with Crippen LogP contribution >= 0.6 is 31.9 Å². The van der Waals surface area contributed by atoms with Crippen LogP contribution in [0.3, 0.4) is 0 Å². The van der Waals surface area contributed by atoms with Crippen molar-refractivity contribution >= 4 is 49.8 Å². The summed E-state index contributed by atoms with van der Waals surface area (Å²) in [6.45, 7) is 1.04. The molecule has 0 heterocycles. The van der Waals surface area contributed by atoms with Crippen molar-refractivity contribution in [2.75, 3.05) is 0 Å². The van der Waals surface area contributed by atoms with E-state index in [2.05, 4.69) is 31.9 Å². The standard InChI is InChI=1S/C23H17Br2F9N2O2/c1-11(35-19(37)10-21(26,27)28)36-20(38)16-4-2-12(6-18(16)23(32,33)34)3-5-17(22(29,30)31)13-7-14(24)9-15(25)8-13/h2-9,11,17H,10H2,1H3,(H,35,37)(H,36,38)/t11-,17?/m1/s1. The average molecular weight is 684 g/mol. The Morgan fingerprint density at radius 1 is 0.895 bits per heavy atom. The first-order valence-electron chi connectivity index (χ1n) is 10.4. The zero-order valence-corrected chi connectivity index (χ0v) is 22.1. The van der Waals surface area contributed by atoms with Crippen LogP contribution in [-0.4, -0.2) is 30.3 Å². The van der Waals surface area contributed by atoms with Crippen molar-refractivity contribution in [1.29, 1.82) is 0 Å². The van der Waals surface area contributed by atoms with Crippen molar-refractivity contribution in [1.82, 2.24) is 10.6 Å². The van der Waals surface area contributed by atoms with Gasteiger partial charge in [0.15, 0.2) is 0 Å². The van der Waals surface area contributed by atoms with Crippen LogP contribution in [0, 0.1) is 0 Å². The van der Waals surface area contributed by atoms with Crippen molar-refractivity contribution in [2.24, 2.45) is 0 Å². The van der Waals surface area contributed by atoms with E-state index in [1.165, 1.54) is 18.2 Å². The lowest BCUT2D eigenvalue weighted by atomic mass is 9.96. The molecular formula is C23H17Br2F9N2O2. The van der Waals surface area contributed by atoms with Crippen molar-refractivity contribution < 1.29 is 49.1 Å². The van der Waals surface area contributed by atoms with E-state index >= 15 is 0 Å². The first kappa shape index (κ1) is 31.7. The summed E-state index contributed by atoms with van der Waals surface area (Å²) in [6, 6.07) is 6.05. The van der Waals surface area contributed by atoms with Crippen LogP contribution in [0.1, 0.15) is 46.3 Å². The van der Waals surface area contributed by atoms with Gasteiger partial charge in [0, 0.05) is 8.95 Å². The Morgan fingerprint density at radius 3 is 1.97 bits per heavy atom. The molecule has 2 aromatic carbocycles. The molecule has 208 valence electrons. The maximum absolute atomic E-state index is 13.7. The highest BCUT2D eigenvalue weighted by Gasteiger charge is 2.39. The number of halogens is 11. The third-order valence-electron chi connectivity index (χ3n) is 4.76. The lowest BCUT2D eigenvalue weighted by molar-refractivity contribution is -0.154. The van der Waals surface area contributed by atoms with Gasteiger partial charge in [-0.05, 0) is 48.4 Å². The molecule has 2 aromatic rings. The highest BCUT2D eigenvalue weighted by Crippen LogP contribution is 2.39. The molecule has 0 bridgehead atoms. The molecule has 0 saturated carbocycles. The van der Waals surface area contributed by atoms with E-state index in [0.29, 0.717) is 27.2 Å². The molecule has 0 aliphatic carbocycles. The Labute approximate surface area is 226 Å². The second-order valence-corrected chi connectivity index (χ2v) is 9.77. The van der Waals surface area contributed by atoms with Crippen molar-refractivity contribution in [3.8, 4) is 0 Å². The number of rotatable bonds is 7. The van der Waals surface area contributed by atoms with Gasteiger partial charge in [0.05, 0.1) is 23.2 Å². The zero-order valence-electron chi connectivity index (χ0n) is 19.0. The Hall–Kier alpha value is -2.55. The van der Waals surface area contributed by atoms with Crippen LogP contribution in [0.2, 0.25) is 0 Å². The molecule has 0 radical (unpaired) electrons. The largest absolute Gasteiger partial charge is 0.417 e. The van der Waals surface area contributed by atoms with Gasteiger partial charge in [-0.25, -0.2) is 0 Å². The highest BCUT2D eigenvalue weighted by atomic mass is 79.9.